The lowest BCUT2D eigenvalue weighted by molar-refractivity contribution is -0.117. The van der Waals surface area contributed by atoms with Gasteiger partial charge in [0, 0.05) is 18.7 Å². The minimum absolute atomic E-state index is 0.0929. The number of carbonyl (C=O) groups excluding carboxylic acids is 2. The van der Waals surface area contributed by atoms with E-state index in [1.165, 1.54) is 0 Å². The molecule has 2 N–H and O–H groups in total. The van der Waals surface area contributed by atoms with Crippen LogP contribution in [0, 0.1) is 0 Å². The maximum absolute atomic E-state index is 12.4. The fourth-order valence-corrected chi connectivity index (χ4v) is 3.11. The van der Waals surface area contributed by atoms with Gasteiger partial charge in [0.25, 0.3) is 5.91 Å². The Labute approximate surface area is 162 Å². The lowest BCUT2D eigenvalue weighted by atomic mass is 10.1. The van der Waals surface area contributed by atoms with Gasteiger partial charge in [-0.1, -0.05) is 0 Å². The summed E-state index contributed by atoms with van der Waals surface area (Å²) < 4.78 is 16.2. The fourth-order valence-electron chi connectivity index (χ4n) is 3.11. The molecule has 0 aromatic heterocycles. The highest BCUT2D eigenvalue weighted by Crippen LogP contribution is 2.35. The van der Waals surface area contributed by atoms with Crippen LogP contribution < -0.4 is 29.7 Å². The molecule has 4 rings (SSSR count). The van der Waals surface area contributed by atoms with Crippen molar-refractivity contribution in [2.45, 2.75) is 13.0 Å². The number of hydrogen-bond acceptors (Lipinski definition) is 6. The molecule has 2 aliphatic heterocycles. The summed E-state index contributed by atoms with van der Waals surface area (Å²) in [6.45, 7) is 2.70. The second-order valence-electron chi connectivity index (χ2n) is 6.63. The largest absolute Gasteiger partial charge is 0.492 e. The van der Waals surface area contributed by atoms with Crippen molar-refractivity contribution in [2.75, 3.05) is 37.2 Å². The topological polar surface area (TPSA) is 89.1 Å². The highest BCUT2D eigenvalue weighted by atomic mass is 16.7. The Morgan fingerprint density at radius 2 is 2.07 bits per heavy atom. The second kappa shape index (κ2) is 7.30. The van der Waals surface area contributed by atoms with Gasteiger partial charge in [0.2, 0.25) is 12.7 Å². The van der Waals surface area contributed by atoms with Crippen LogP contribution in [0.2, 0.25) is 0 Å². The number of nitrogens with one attached hydrogen (secondary N) is 2. The van der Waals surface area contributed by atoms with E-state index in [2.05, 4.69) is 10.6 Å². The number of amides is 2. The van der Waals surface area contributed by atoms with Crippen molar-refractivity contribution in [2.24, 2.45) is 0 Å². The van der Waals surface area contributed by atoms with E-state index in [9.17, 15) is 9.59 Å². The lowest BCUT2D eigenvalue weighted by Crippen LogP contribution is -2.44. The molecule has 2 heterocycles. The third kappa shape index (κ3) is 3.40. The average molecular weight is 383 g/mol. The summed E-state index contributed by atoms with van der Waals surface area (Å²) in [7, 11) is 1.86. The van der Waals surface area contributed by atoms with Crippen molar-refractivity contribution in [3.8, 4) is 17.2 Å². The molecule has 1 atom stereocenters. The van der Waals surface area contributed by atoms with E-state index >= 15 is 0 Å². The maximum atomic E-state index is 12.4. The summed E-state index contributed by atoms with van der Waals surface area (Å²) in [5, 5.41) is 5.65. The Kier molecular flexibility index (Phi) is 4.68. The standard InChI is InChI=1S/C20H21N3O5/c1-12-19(24)22-15-9-13(3-5-16(15)23(12)2)20(25)21-7-8-26-14-4-6-17-18(10-14)28-11-27-17/h3-6,9-10,12H,7-8,11H2,1-2H3,(H,21,25)(H,22,24)/t12-/m1/s1. The van der Waals surface area contributed by atoms with Crippen LogP contribution in [0.3, 0.4) is 0 Å². The average Bonchev–Trinajstić information content (AvgIpc) is 3.17. The van der Waals surface area contributed by atoms with Crippen LogP contribution in [0.15, 0.2) is 36.4 Å². The minimum Gasteiger partial charge on any atom is -0.492 e. The zero-order valence-corrected chi connectivity index (χ0v) is 15.7. The van der Waals surface area contributed by atoms with E-state index in [0.29, 0.717) is 41.7 Å². The van der Waals surface area contributed by atoms with Gasteiger partial charge in [-0.05, 0) is 37.3 Å². The molecule has 2 aromatic carbocycles. The molecule has 0 saturated carbocycles. The van der Waals surface area contributed by atoms with Gasteiger partial charge in [-0.25, -0.2) is 0 Å². The van der Waals surface area contributed by atoms with Gasteiger partial charge in [-0.15, -0.1) is 0 Å². The van der Waals surface area contributed by atoms with Gasteiger partial charge >= 0.3 is 0 Å². The monoisotopic (exact) mass is 383 g/mol. The molecule has 0 saturated heterocycles. The molecule has 2 amide bonds. The number of fused-ring (bicyclic) bond motifs is 2. The zero-order chi connectivity index (χ0) is 19.7. The first kappa shape index (κ1) is 18.0. The lowest BCUT2D eigenvalue weighted by Gasteiger charge is -2.33. The Hall–Kier alpha value is -3.42. The summed E-state index contributed by atoms with van der Waals surface area (Å²) in [5.41, 5.74) is 2.00. The second-order valence-corrected chi connectivity index (χ2v) is 6.63. The van der Waals surface area contributed by atoms with E-state index in [0.717, 1.165) is 5.69 Å². The van der Waals surface area contributed by atoms with E-state index in [-0.39, 0.29) is 24.6 Å². The van der Waals surface area contributed by atoms with Gasteiger partial charge in [0.15, 0.2) is 11.5 Å². The number of hydrogen-bond donors (Lipinski definition) is 2. The first-order chi connectivity index (χ1) is 13.5. The van der Waals surface area contributed by atoms with Gasteiger partial charge in [-0.2, -0.15) is 0 Å². The molecular weight excluding hydrogens is 362 g/mol. The van der Waals surface area contributed by atoms with Crippen molar-refractivity contribution >= 4 is 23.2 Å². The van der Waals surface area contributed by atoms with Gasteiger partial charge in [0.05, 0.1) is 17.9 Å². The minimum atomic E-state index is -0.250. The number of carbonyl (C=O) groups is 2. The smallest absolute Gasteiger partial charge is 0.251 e. The number of nitrogens with zero attached hydrogens (tertiary/aromatic N) is 1. The highest BCUT2D eigenvalue weighted by Gasteiger charge is 2.27. The molecule has 2 aliphatic rings. The molecule has 0 radical (unpaired) electrons. The predicted octanol–water partition coefficient (Wildman–Crippen LogP) is 2.00. The SMILES string of the molecule is C[C@@H]1C(=O)Nc2cc(C(=O)NCCOc3ccc4c(c3)OCO4)ccc2N1C. The predicted molar refractivity (Wildman–Crippen MR) is 103 cm³/mol. The molecule has 146 valence electrons. The number of ether oxygens (including phenoxy) is 3. The zero-order valence-electron chi connectivity index (χ0n) is 15.7. The van der Waals surface area contributed by atoms with Crippen LogP contribution >= 0.6 is 0 Å². The van der Waals surface area contributed by atoms with Crippen molar-refractivity contribution in [3.05, 3.63) is 42.0 Å². The first-order valence-corrected chi connectivity index (χ1v) is 9.01. The Morgan fingerprint density at radius 3 is 2.93 bits per heavy atom. The molecule has 0 bridgehead atoms. The van der Waals surface area contributed by atoms with E-state index < -0.39 is 0 Å². The summed E-state index contributed by atoms with van der Waals surface area (Å²) in [6, 6.07) is 10.4. The van der Waals surface area contributed by atoms with Gasteiger partial charge < -0.3 is 29.7 Å². The van der Waals surface area contributed by atoms with E-state index in [1.807, 2.05) is 24.9 Å². The number of anilines is 2. The molecule has 28 heavy (non-hydrogen) atoms. The van der Waals surface area contributed by atoms with Crippen molar-refractivity contribution < 1.29 is 23.8 Å². The Bertz CT molecular complexity index is 930. The number of rotatable bonds is 5. The van der Waals surface area contributed by atoms with Gasteiger partial charge in [0.1, 0.15) is 18.4 Å². The van der Waals surface area contributed by atoms with E-state index in [1.54, 1.807) is 30.3 Å². The van der Waals surface area contributed by atoms with Crippen LogP contribution in [0.25, 0.3) is 0 Å². The first-order valence-electron chi connectivity index (χ1n) is 9.01. The van der Waals surface area contributed by atoms with Crippen molar-refractivity contribution in [3.63, 3.8) is 0 Å². The molecule has 0 unspecified atom stereocenters. The number of benzene rings is 2. The molecular formula is C20H21N3O5. The highest BCUT2D eigenvalue weighted by molar-refractivity contribution is 6.05. The van der Waals surface area contributed by atoms with Crippen LogP contribution in [0.4, 0.5) is 11.4 Å². The van der Waals surface area contributed by atoms with Crippen LogP contribution in [-0.2, 0) is 4.79 Å². The maximum Gasteiger partial charge on any atom is 0.251 e. The molecule has 0 aliphatic carbocycles. The molecule has 0 spiro atoms. The summed E-state index contributed by atoms with van der Waals surface area (Å²) >= 11 is 0. The Morgan fingerprint density at radius 1 is 1.25 bits per heavy atom. The normalized spacial score (nSPS) is 17.0. The summed E-state index contributed by atoms with van der Waals surface area (Å²) in [5.74, 6) is 1.67. The van der Waals surface area contributed by atoms with Crippen LogP contribution in [0.1, 0.15) is 17.3 Å². The molecule has 8 nitrogen and oxygen atoms in total. The van der Waals surface area contributed by atoms with Crippen LogP contribution in [0.5, 0.6) is 17.2 Å². The van der Waals surface area contributed by atoms with Crippen molar-refractivity contribution in [1.82, 2.24) is 5.32 Å². The van der Waals surface area contributed by atoms with Crippen molar-refractivity contribution in [1.29, 1.82) is 0 Å². The molecule has 8 heteroatoms. The summed E-state index contributed by atoms with van der Waals surface area (Å²) in [6.07, 6.45) is 0. The van der Waals surface area contributed by atoms with Gasteiger partial charge in [-0.3, -0.25) is 9.59 Å². The third-order valence-corrected chi connectivity index (χ3v) is 4.86. The number of likely N-dealkylation sites (N-methyl/N-ethyl adjacent to an activating group) is 1. The quantitative estimate of drug-likeness (QED) is 0.768. The molecule has 2 aromatic rings. The Balaban J connectivity index is 1.32. The fraction of sp³-hybridized carbons (Fsp3) is 0.300. The summed E-state index contributed by atoms with van der Waals surface area (Å²) in [4.78, 5) is 26.3. The van der Waals surface area contributed by atoms with E-state index in [4.69, 9.17) is 14.2 Å². The van der Waals surface area contributed by atoms with Crippen LogP contribution in [-0.4, -0.2) is 44.8 Å². The molecule has 0 fully saturated rings. The third-order valence-electron chi connectivity index (χ3n) is 4.86.